The molecule has 0 aliphatic heterocycles. The molecule has 3 nitrogen and oxygen atoms in total. The van der Waals surface area contributed by atoms with Crippen molar-refractivity contribution in [1.29, 1.82) is 0 Å². The largest absolute Gasteiger partial charge is 0.416 e. The van der Waals surface area contributed by atoms with Gasteiger partial charge in [0.2, 0.25) is 0 Å². The van der Waals surface area contributed by atoms with Crippen molar-refractivity contribution in [2.45, 2.75) is 103 Å². The summed E-state index contributed by atoms with van der Waals surface area (Å²) in [7, 11) is -7.05. The third-order valence-corrected chi connectivity index (χ3v) is 47.0. The van der Waals surface area contributed by atoms with E-state index in [0.717, 1.165) is 17.8 Å². The van der Waals surface area contributed by atoms with Gasteiger partial charge in [0.15, 0.2) is 15.6 Å². The molecule has 0 radical (unpaired) electrons. The minimum absolute atomic E-state index is 0.410. The summed E-state index contributed by atoms with van der Waals surface area (Å²) in [4.78, 5) is 0. The summed E-state index contributed by atoms with van der Waals surface area (Å²) in [5, 5.41) is 4.29. The van der Waals surface area contributed by atoms with Gasteiger partial charge in [-0.25, -0.2) is 0 Å². The van der Waals surface area contributed by atoms with E-state index in [1.54, 1.807) is 0 Å². The van der Waals surface area contributed by atoms with Crippen molar-refractivity contribution in [2.24, 2.45) is 23.2 Å². The Labute approximate surface area is 207 Å². The molecule has 186 valence electrons. The smallest absolute Gasteiger partial charge is 0.183 e. The van der Waals surface area contributed by atoms with Crippen LogP contribution in [-0.2, 0) is 4.43 Å². The number of anilines is 1. The van der Waals surface area contributed by atoms with E-state index in [1.807, 2.05) is 0 Å². The Morgan fingerprint density at radius 2 is 1.21 bits per heavy atom. The summed E-state index contributed by atoms with van der Waals surface area (Å²) >= 11 is 0. The van der Waals surface area contributed by atoms with Crippen LogP contribution in [0.25, 0.3) is 0 Å². The van der Waals surface area contributed by atoms with Crippen LogP contribution in [0.5, 0.6) is 0 Å². The van der Waals surface area contributed by atoms with E-state index in [1.165, 1.54) is 44.2 Å². The standard InChI is InChI=1S/C26H50N2OSi4/c1-30(2,3)29-25(26-18-21-15-22(19-26)17-23(16-21)20-26)33(31(4,5)6,32(7,8)9)28-27-24-13-11-10-12-14-24/h10-14,21-23,25,27-28H,15-20H2,1-9H3. The number of hydrogen-bond donors (Lipinski definition) is 2. The second kappa shape index (κ2) is 8.73. The van der Waals surface area contributed by atoms with Crippen molar-refractivity contribution in [3.8, 4) is 0 Å². The number of benzene rings is 1. The van der Waals surface area contributed by atoms with Crippen LogP contribution in [0.4, 0.5) is 5.69 Å². The summed E-state index contributed by atoms with van der Waals surface area (Å²) < 4.78 is 7.60. The van der Waals surface area contributed by atoms with Gasteiger partial charge in [-0.2, -0.15) is 0 Å². The number of nitrogens with one attached hydrogen (secondary N) is 2. The molecule has 5 rings (SSSR count). The van der Waals surface area contributed by atoms with Gasteiger partial charge in [0, 0.05) is 5.69 Å². The van der Waals surface area contributed by atoms with Crippen LogP contribution in [0.3, 0.4) is 0 Å². The summed E-state index contributed by atoms with van der Waals surface area (Å²) in [6, 6.07) is 10.8. The number of hydrazine groups is 1. The van der Waals surface area contributed by atoms with Crippen molar-refractivity contribution in [3.63, 3.8) is 0 Å². The van der Waals surface area contributed by atoms with Crippen LogP contribution in [0.1, 0.15) is 38.5 Å². The molecule has 33 heavy (non-hydrogen) atoms. The lowest BCUT2D eigenvalue weighted by molar-refractivity contribution is -0.0918. The van der Waals surface area contributed by atoms with Crippen LogP contribution >= 0.6 is 0 Å². The minimum Gasteiger partial charge on any atom is -0.416 e. The topological polar surface area (TPSA) is 33.3 Å². The molecule has 4 fully saturated rings. The van der Waals surface area contributed by atoms with E-state index in [9.17, 15) is 0 Å². The molecule has 2 N–H and O–H groups in total. The summed E-state index contributed by atoms with van der Waals surface area (Å²) in [6.07, 6.45) is 8.82. The summed E-state index contributed by atoms with van der Waals surface area (Å²) in [5.74, 6) is 2.88. The van der Waals surface area contributed by atoms with Gasteiger partial charge < -0.3 is 9.85 Å². The third kappa shape index (κ3) is 4.92. The van der Waals surface area contributed by atoms with E-state index in [4.69, 9.17) is 4.43 Å². The van der Waals surface area contributed by atoms with Crippen LogP contribution in [0.2, 0.25) is 58.9 Å². The van der Waals surface area contributed by atoms with Crippen LogP contribution in [0, 0.1) is 23.2 Å². The zero-order chi connectivity index (χ0) is 24.3. The molecule has 0 aromatic heterocycles. The van der Waals surface area contributed by atoms with Gasteiger partial charge in [0.1, 0.15) is 0 Å². The molecule has 1 aromatic rings. The Hall–Kier alpha value is -0.192. The summed E-state index contributed by atoms with van der Waals surface area (Å²) in [5.41, 5.74) is 5.86. The van der Waals surface area contributed by atoms with E-state index in [2.05, 4.69) is 99.8 Å². The molecule has 4 saturated carbocycles. The fourth-order valence-corrected chi connectivity index (χ4v) is 54.9. The second-order valence-corrected chi connectivity index (χ2v) is 45.9. The molecule has 0 amide bonds. The van der Waals surface area contributed by atoms with Gasteiger partial charge in [-0.1, -0.05) is 57.5 Å². The highest BCUT2D eigenvalue weighted by molar-refractivity contribution is 7.68. The van der Waals surface area contributed by atoms with E-state index in [0.29, 0.717) is 11.1 Å². The average Bonchev–Trinajstić information content (AvgIpc) is 2.64. The van der Waals surface area contributed by atoms with Gasteiger partial charge in [-0.15, -0.1) is 0 Å². The van der Waals surface area contributed by atoms with Gasteiger partial charge in [0.25, 0.3) is 0 Å². The molecular formula is C26H50N2OSi4. The highest BCUT2D eigenvalue weighted by Gasteiger charge is 2.68. The monoisotopic (exact) mass is 518 g/mol. The number of rotatable bonds is 9. The molecule has 0 heterocycles. The third-order valence-electron chi connectivity index (χ3n) is 9.05. The van der Waals surface area contributed by atoms with E-state index < -0.39 is 30.8 Å². The second-order valence-electron chi connectivity index (χ2n) is 14.8. The molecular weight excluding hydrogens is 469 g/mol. The maximum absolute atomic E-state index is 7.60. The molecule has 1 atom stereocenters. The fourth-order valence-electron chi connectivity index (χ4n) is 8.57. The normalized spacial score (nSPS) is 31.0. The average molecular weight is 519 g/mol. The fraction of sp³-hybridized carbons (Fsp3) is 0.769. The Kier molecular flexibility index (Phi) is 6.85. The Balaban J connectivity index is 1.84. The Morgan fingerprint density at radius 3 is 1.61 bits per heavy atom. The van der Waals surface area contributed by atoms with Crippen molar-refractivity contribution >= 4 is 36.5 Å². The van der Waals surface area contributed by atoms with Crippen LogP contribution in [0.15, 0.2) is 30.3 Å². The van der Waals surface area contributed by atoms with Gasteiger partial charge in [0.05, 0.1) is 20.9 Å². The first-order valence-electron chi connectivity index (χ1n) is 13.4. The lowest BCUT2D eigenvalue weighted by atomic mass is 9.50. The highest BCUT2D eigenvalue weighted by Crippen LogP contribution is 2.63. The van der Waals surface area contributed by atoms with Crippen molar-refractivity contribution in [3.05, 3.63) is 30.3 Å². The zero-order valence-corrected chi connectivity index (χ0v) is 26.8. The first kappa shape index (κ1) is 25.9. The predicted molar refractivity (Wildman–Crippen MR) is 154 cm³/mol. The Bertz CT molecular complexity index is 776. The minimum atomic E-state index is -2.08. The molecule has 4 aliphatic carbocycles. The van der Waals surface area contributed by atoms with Crippen molar-refractivity contribution in [2.75, 3.05) is 5.43 Å². The van der Waals surface area contributed by atoms with Gasteiger partial charge >= 0.3 is 0 Å². The summed E-state index contributed by atoms with van der Waals surface area (Å²) in [6.45, 7) is 23.3. The maximum Gasteiger partial charge on any atom is 0.183 e. The highest BCUT2D eigenvalue weighted by atomic mass is 29.6. The lowest BCUT2D eigenvalue weighted by Gasteiger charge is -2.66. The SMILES string of the molecule is C[Si](C)(C)OC(C12CC3CC(CC(C3)C1)C2)[Si](NNc1ccccc1)([Si](C)(C)C)[Si](C)(C)C. The number of hydrogen-bond acceptors (Lipinski definition) is 3. The first-order valence-corrected chi connectivity index (χ1v) is 27.9. The Morgan fingerprint density at radius 1 is 0.758 bits per heavy atom. The van der Waals surface area contributed by atoms with Gasteiger partial charge in [-0.3, -0.25) is 5.09 Å². The van der Waals surface area contributed by atoms with Crippen LogP contribution < -0.4 is 10.5 Å². The number of para-hydroxylation sites is 1. The van der Waals surface area contributed by atoms with Crippen molar-refractivity contribution < 1.29 is 4.43 Å². The molecule has 7 heteroatoms. The van der Waals surface area contributed by atoms with E-state index >= 15 is 0 Å². The molecule has 4 bridgehead atoms. The van der Waals surface area contributed by atoms with Gasteiger partial charge in [-0.05, 0) is 93.5 Å². The molecule has 4 aliphatic rings. The quantitative estimate of drug-likeness (QED) is 0.265. The molecule has 1 unspecified atom stereocenters. The maximum atomic E-state index is 7.60. The molecule has 1 aromatic carbocycles. The predicted octanol–water partition coefficient (Wildman–Crippen LogP) is 7.36. The lowest BCUT2D eigenvalue weighted by Crippen LogP contribution is -2.89. The molecule has 0 saturated heterocycles. The van der Waals surface area contributed by atoms with Crippen molar-refractivity contribution in [1.82, 2.24) is 5.09 Å². The van der Waals surface area contributed by atoms with Crippen LogP contribution in [-0.4, -0.2) is 36.5 Å². The first-order chi connectivity index (χ1) is 15.2. The zero-order valence-electron chi connectivity index (χ0n) is 22.8. The molecule has 0 spiro atoms. The van der Waals surface area contributed by atoms with E-state index in [-0.39, 0.29) is 0 Å².